The van der Waals surface area contributed by atoms with E-state index in [1.54, 1.807) is 11.3 Å². The summed E-state index contributed by atoms with van der Waals surface area (Å²) in [5.74, 6) is 0. The van der Waals surface area contributed by atoms with Crippen LogP contribution < -0.4 is 5.73 Å². The maximum absolute atomic E-state index is 5.59. The van der Waals surface area contributed by atoms with Crippen molar-refractivity contribution >= 4 is 23.7 Å². The summed E-state index contributed by atoms with van der Waals surface area (Å²) in [5, 5.41) is 3.23. The Bertz CT molecular complexity index is 497. The highest BCUT2D eigenvalue weighted by molar-refractivity contribution is 7.13. The SMILES string of the molecule is CC(C)(C)c1csc(-c2ccc(CN)cc2)n1.Cl. The van der Waals surface area contributed by atoms with Gasteiger partial charge in [-0.05, 0) is 5.56 Å². The number of nitrogens with two attached hydrogens (primary N) is 1. The Kier molecular flexibility index (Phi) is 4.91. The molecule has 98 valence electrons. The minimum absolute atomic E-state index is 0. The number of halogens is 1. The molecule has 0 saturated heterocycles. The molecule has 2 rings (SSSR count). The van der Waals surface area contributed by atoms with Crippen LogP contribution in [0.4, 0.5) is 0 Å². The lowest BCUT2D eigenvalue weighted by Crippen LogP contribution is -2.11. The van der Waals surface area contributed by atoms with E-state index in [4.69, 9.17) is 10.7 Å². The van der Waals surface area contributed by atoms with Crippen molar-refractivity contribution < 1.29 is 0 Å². The molecule has 0 fully saturated rings. The highest BCUT2D eigenvalue weighted by Crippen LogP contribution is 2.29. The lowest BCUT2D eigenvalue weighted by molar-refractivity contribution is 0.573. The van der Waals surface area contributed by atoms with E-state index in [1.165, 1.54) is 5.56 Å². The van der Waals surface area contributed by atoms with Gasteiger partial charge in [-0.2, -0.15) is 0 Å². The van der Waals surface area contributed by atoms with E-state index in [-0.39, 0.29) is 17.8 Å². The molecule has 0 radical (unpaired) electrons. The lowest BCUT2D eigenvalue weighted by atomic mass is 9.93. The summed E-state index contributed by atoms with van der Waals surface area (Å²) in [7, 11) is 0. The van der Waals surface area contributed by atoms with Gasteiger partial charge in [0, 0.05) is 22.9 Å². The van der Waals surface area contributed by atoms with E-state index < -0.39 is 0 Å². The minimum Gasteiger partial charge on any atom is -0.326 e. The van der Waals surface area contributed by atoms with E-state index in [0.717, 1.165) is 16.3 Å². The molecule has 2 nitrogen and oxygen atoms in total. The number of hydrogen-bond donors (Lipinski definition) is 1. The molecule has 0 spiro atoms. The van der Waals surface area contributed by atoms with Crippen LogP contribution in [0.3, 0.4) is 0 Å². The second-order valence-corrected chi connectivity index (χ2v) is 6.05. The van der Waals surface area contributed by atoms with Crippen LogP contribution >= 0.6 is 23.7 Å². The zero-order valence-electron chi connectivity index (χ0n) is 10.9. The first-order chi connectivity index (χ1) is 8.00. The summed E-state index contributed by atoms with van der Waals surface area (Å²) in [5.41, 5.74) is 9.18. The van der Waals surface area contributed by atoms with Crippen LogP contribution in [-0.4, -0.2) is 4.98 Å². The molecule has 4 heteroatoms. The third-order valence-corrected chi connectivity index (χ3v) is 3.60. The van der Waals surface area contributed by atoms with Crippen LogP contribution in [0, 0.1) is 0 Å². The number of thiazole rings is 1. The Morgan fingerprint density at radius 1 is 1.17 bits per heavy atom. The van der Waals surface area contributed by atoms with Crippen molar-refractivity contribution in [1.82, 2.24) is 4.98 Å². The van der Waals surface area contributed by atoms with Crippen molar-refractivity contribution in [3.05, 3.63) is 40.9 Å². The Morgan fingerprint density at radius 2 is 1.78 bits per heavy atom. The molecule has 1 aromatic heterocycles. The number of hydrogen-bond acceptors (Lipinski definition) is 3. The number of aromatic nitrogens is 1. The molecule has 2 aromatic rings. The molecule has 0 saturated carbocycles. The highest BCUT2D eigenvalue weighted by Gasteiger charge is 2.17. The zero-order chi connectivity index (χ0) is 12.5. The molecule has 0 aliphatic carbocycles. The van der Waals surface area contributed by atoms with Crippen LogP contribution in [-0.2, 0) is 12.0 Å². The summed E-state index contributed by atoms with van der Waals surface area (Å²) >= 11 is 1.70. The van der Waals surface area contributed by atoms with Crippen molar-refractivity contribution in [3.8, 4) is 10.6 Å². The molecule has 0 unspecified atom stereocenters. The molecule has 2 N–H and O–H groups in total. The molecular weight excluding hydrogens is 264 g/mol. The van der Waals surface area contributed by atoms with Crippen LogP contribution in [0.25, 0.3) is 10.6 Å². The topological polar surface area (TPSA) is 38.9 Å². The van der Waals surface area contributed by atoms with Crippen LogP contribution in [0.2, 0.25) is 0 Å². The Balaban J connectivity index is 0.00000162. The van der Waals surface area contributed by atoms with E-state index in [1.807, 2.05) is 0 Å². The van der Waals surface area contributed by atoms with Crippen molar-refractivity contribution in [2.45, 2.75) is 32.7 Å². The van der Waals surface area contributed by atoms with Gasteiger partial charge in [-0.25, -0.2) is 4.98 Å². The van der Waals surface area contributed by atoms with E-state index in [2.05, 4.69) is 50.4 Å². The van der Waals surface area contributed by atoms with E-state index in [0.29, 0.717) is 6.54 Å². The van der Waals surface area contributed by atoms with Crippen molar-refractivity contribution in [2.24, 2.45) is 5.73 Å². The second-order valence-electron chi connectivity index (χ2n) is 5.19. The fourth-order valence-electron chi connectivity index (χ4n) is 1.53. The smallest absolute Gasteiger partial charge is 0.123 e. The first-order valence-electron chi connectivity index (χ1n) is 5.76. The van der Waals surface area contributed by atoms with Gasteiger partial charge in [0.25, 0.3) is 0 Å². The second kappa shape index (κ2) is 5.83. The quantitative estimate of drug-likeness (QED) is 0.905. The standard InChI is InChI=1S/C14H18N2S.ClH/c1-14(2,3)12-9-17-13(16-12)11-6-4-10(8-15)5-7-11;/h4-7,9H,8,15H2,1-3H3;1H. The van der Waals surface area contributed by atoms with Gasteiger partial charge >= 0.3 is 0 Å². The zero-order valence-corrected chi connectivity index (χ0v) is 12.6. The molecule has 0 amide bonds. The minimum atomic E-state index is 0. The maximum Gasteiger partial charge on any atom is 0.123 e. The monoisotopic (exact) mass is 282 g/mol. The molecule has 1 aromatic carbocycles. The van der Waals surface area contributed by atoms with Crippen molar-refractivity contribution in [1.29, 1.82) is 0 Å². The molecule has 1 heterocycles. The number of benzene rings is 1. The van der Waals surface area contributed by atoms with Gasteiger partial charge in [0.1, 0.15) is 5.01 Å². The Morgan fingerprint density at radius 3 is 2.22 bits per heavy atom. The van der Waals surface area contributed by atoms with Gasteiger partial charge < -0.3 is 5.73 Å². The Hall–Kier alpha value is -0.900. The summed E-state index contributed by atoms with van der Waals surface area (Å²) in [6.07, 6.45) is 0. The number of nitrogens with zero attached hydrogens (tertiary/aromatic N) is 1. The molecular formula is C14H19ClN2S. The molecule has 0 aliphatic rings. The van der Waals surface area contributed by atoms with Crippen LogP contribution in [0.15, 0.2) is 29.6 Å². The van der Waals surface area contributed by atoms with Gasteiger partial charge in [-0.15, -0.1) is 23.7 Å². The predicted octanol–water partition coefficient (Wildman–Crippen LogP) is 3.99. The number of rotatable bonds is 2. The van der Waals surface area contributed by atoms with E-state index in [9.17, 15) is 0 Å². The third kappa shape index (κ3) is 3.31. The lowest BCUT2D eigenvalue weighted by Gasteiger charge is -2.14. The molecule has 0 bridgehead atoms. The fourth-order valence-corrected chi connectivity index (χ4v) is 2.59. The van der Waals surface area contributed by atoms with Gasteiger partial charge in [0.15, 0.2) is 0 Å². The molecule has 0 aliphatic heterocycles. The van der Waals surface area contributed by atoms with Gasteiger partial charge in [0.2, 0.25) is 0 Å². The van der Waals surface area contributed by atoms with Crippen molar-refractivity contribution in [2.75, 3.05) is 0 Å². The maximum atomic E-state index is 5.59. The van der Waals surface area contributed by atoms with Crippen LogP contribution in [0.5, 0.6) is 0 Å². The first kappa shape index (κ1) is 15.2. The highest BCUT2D eigenvalue weighted by atomic mass is 35.5. The predicted molar refractivity (Wildman–Crippen MR) is 81.4 cm³/mol. The Labute approximate surface area is 119 Å². The third-order valence-electron chi connectivity index (χ3n) is 2.71. The van der Waals surface area contributed by atoms with Gasteiger partial charge in [-0.1, -0.05) is 45.0 Å². The molecule has 18 heavy (non-hydrogen) atoms. The van der Waals surface area contributed by atoms with Gasteiger partial charge in [0.05, 0.1) is 5.69 Å². The summed E-state index contributed by atoms with van der Waals surface area (Å²) in [6.45, 7) is 7.14. The molecule has 0 atom stereocenters. The first-order valence-corrected chi connectivity index (χ1v) is 6.64. The average molecular weight is 283 g/mol. The summed E-state index contributed by atoms with van der Waals surface area (Å²) < 4.78 is 0. The summed E-state index contributed by atoms with van der Waals surface area (Å²) in [6, 6.07) is 8.31. The van der Waals surface area contributed by atoms with Crippen LogP contribution in [0.1, 0.15) is 32.0 Å². The van der Waals surface area contributed by atoms with E-state index >= 15 is 0 Å². The fraction of sp³-hybridized carbons (Fsp3) is 0.357. The largest absolute Gasteiger partial charge is 0.326 e. The summed E-state index contributed by atoms with van der Waals surface area (Å²) in [4.78, 5) is 4.69. The average Bonchev–Trinajstić information content (AvgIpc) is 2.78. The van der Waals surface area contributed by atoms with Gasteiger partial charge in [-0.3, -0.25) is 0 Å². The van der Waals surface area contributed by atoms with Crippen molar-refractivity contribution in [3.63, 3.8) is 0 Å². The normalized spacial score (nSPS) is 11.1.